The quantitative estimate of drug-likeness (QED) is 0.0229. The van der Waals surface area contributed by atoms with E-state index in [0.717, 1.165) is 109 Å². The van der Waals surface area contributed by atoms with Crippen LogP contribution in [0.2, 0.25) is 0 Å². The predicted molar refractivity (Wildman–Crippen MR) is 432 cm³/mol. The first-order valence-corrected chi connectivity index (χ1v) is 37.7. The van der Waals surface area contributed by atoms with Crippen molar-refractivity contribution in [3.05, 3.63) is 162 Å². The lowest BCUT2D eigenvalue weighted by Crippen LogP contribution is -2.42. The molecule has 23 heteroatoms. The molecule has 4 amide bonds. The molecule has 6 aromatic carbocycles. The van der Waals surface area contributed by atoms with Crippen molar-refractivity contribution in [1.82, 2.24) is 30.2 Å². The largest absolute Gasteiger partial charge is 0.497 e. The number of methoxy groups -OCH3 is 3. The topological polar surface area (TPSA) is 253 Å². The molecule has 3 aliphatic rings. The zero-order valence-corrected chi connectivity index (χ0v) is 66.1. The van der Waals surface area contributed by atoms with Gasteiger partial charge in [0.1, 0.15) is 45.7 Å². The molecule has 0 aromatic heterocycles. The van der Waals surface area contributed by atoms with Gasteiger partial charge in [0.15, 0.2) is 17.2 Å². The number of aliphatic carboxylic acids is 1. The van der Waals surface area contributed by atoms with Gasteiger partial charge in [0, 0.05) is 83.2 Å². The third-order valence-electron chi connectivity index (χ3n) is 17.6. The molecule has 3 fully saturated rings. The first kappa shape index (κ1) is 86.5. The normalized spacial score (nSPS) is 15.3. The van der Waals surface area contributed by atoms with Crippen molar-refractivity contribution in [3.63, 3.8) is 0 Å². The average molecular weight is 1490 g/mol. The number of amides is 4. The van der Waals surface area contributed by atoms with E-state index < -0.39 is 17.2 Å². The van der Waals surface area contributed by atoms with Crippen LogP contribution in [0.5, 0.6) is 51.7 Å². The highest BCUT2D eigenvalue weighted by molar-refractivity contribution is 5.93. The monoisotopic (exact) mass is 1490 g/mol. The number of rotatable bonds is 30. The Bertz CT molecular complexity index is 3840. The summed E-state index contributed by atoms with van der Waals surface area (Å²) in [6, 6.07) is 39.7. The minimum atomic E-state index is -1.02. The number of benzene rings is 6. The van der Waals surface area contributed by atoms with Gasteiger partial charge >= 0.3 is 18.2 Å². The van der Waals surface area contributed by atoms with E-state index in [4.69, 9.17) is 43.0 Å². The molecule has 0 unspecified atom stereocenters. The minimum Gasteiger partial charge on any atom is -0.497 e. The molecule has 3 atom stereocenters. The van der Waals surface area contributed by atoms with E-state index in [1.165, 1.54) is 18.9 Å². The van der Waals surface area contributed by atoms with Crippen LogP contribution in [0.15, 0.2) is 146 Å². The molecule has 0 aliphatic carbocycles. The number of likely N-dealkylation sites (tertiary alicyclic amines) is 2. The molecule has 0 bridgehead atoms. The van der Waals surface area contributed by atoms with E-state index in [9.17, 15) is 24.0 Å². The smallest absolute Gasteiger partial charge is 0.410 e. The van der Waals surface area contributed by atoms with Gasteiger partial charge in [-0.1, -0.05) is 32.0 Å². The van der Waals surface area contributed by atoms with E-state index in [1.54, 1.807) is 89.5 Å². The maximum atomic E-state index is 12.7. The third kappa shape index (κ3) is 29.7. The zero-order valence-electron chi connectivity index (χ0n) is 66.1. The molecule has 3 heterocycles. The van der Waals surface area contributed by atoms with Crippen LogP contribution in [0, 0.1) is 0 Å². The van der Waals surface area contributed by atoms with Crippen molar-refractivity contribution in [2.75, 3.05) is 116 Å². The van der Waals surface area contributed by atoms with Crippen molar-refractivity contribution in [3.8, 4) is 51.7 Å². The standard InChI is InChI=1S/C30H41N3O5.C26H32N2O6.C25H33N3O3.C4H11N/c1-7-32(8-2)28(34)18-12-22-11-17-26(27(20-22)37-25-15-13-24(36-6)14-16-25)31-21-23-10-9-19-33(23)29(35)38-30(3,4)5;1-26(2,3)34-25(31)28-15-5-6-19(28)17-27-22-13-7-18(8-14-24(29)30)16-23(22)33-21-11-9-20(32-4)10-12-21;1-4-28(5-2)25(29)15-9-19-8-14-23(27-18-20-7-6-16-26-20)24(17-19)31-22-12-10-21(30-3)11-13-22;1-3-5-4-2/h11-18,20,23,31H,7-10,19,21H2,1-6H3;7-14,16,19,27H,5-6,15,17H2,1-4H3,(H,29,30);8-15,17,20,26-27H,4-7,16,18H2,1-3H3;5H,3-4H2,1-2H3/b18-12+;14-8+;15-9+;/t23-;19-;20-;/m000./s1. The number of hydrogen-bond donors (Lipinski definition) is 6. The van der Waals surface area contributed by atoms with E-state index >= 15 is 0 Å². The number of nitrogens with one attached hydrogen (secondary N) is 5. The molecule has 0 spiro atoms. The van der Waals surface area contributed by atoms with Crippen LogP contribution in [0.3, 0.4) is 0 Å². The molecule has 108 heavy (non-hydrogen) atoms. The number of anilines is 3. The molecular weight excluding hydrogens is 1370 g/mol. The highest BCUT2D eigenvalue weighted by Crippen LogP contribution is 2.37. The molecule has 586 valence electrons. The van der Waals surface area contributed by atoms with Crippen molar-refractivity contribution < 1.29 is 67.0 Å². The van der Waals surface area contributed by atoms with Gasteiger partial charge in [-0.3, -0.25) is 9.59 Å². The van der Waals surface area contributed by atoms with Gasteiger partial charge in [-0.15, -0.1) is 0 Å². The van der Waals surface area contributed by atoms with Gasteiger partial charge in [-0.2, -0.15) is 0 Å². The van der Waals surface area contributed by atoms with Gasteiger partial charge in [-0.05, 0) is 272 Å². The summed E-state index contributed by atoms with van der Waals surface area (Å²) in [4.78, 5) is 68.1. The highest BCUT2D eigenvalue weighted by atomic mass is 16.6. The number of hydrogen-bond acceptors (Lipinski definition) is 18. The lowest BCUT2D eigenvalue weighted by Gasteiger charge is -2.29. The molecule has 6 N–H and O–H groups in total. The number of nitrogens with zero attached hydrogens (tertiary/aromatic N) is 4. The summed E-state index contributed by atoms with van der Waals surface area (Å²) < 4.78 is 45.4. The van der Waals surface area contributed by atoms with Gasteiger partial charge in [0.25, 0.3) is 0 Å². The molecule has 0 saturated carbocycles. The van der Waals surface area contributed by atoms with Gasteiger partial charge < -0.3 is 89.2 Å². The Morgan fingerprint density at radius 3 is 1.08 bits per heavy atom. The Morgan fingerprint density at radius 1 is 0.463 bits per heavy atom. The van der Waals surface area contributed by atoms with Crippen LogP contribution in [-0.4, -0.2) is 184 Å². The number of carbonyl (C=O) groups is 5. The summed E-state index contributed by atoms with van der Waals surface area (Å²) in [6.07, 6.45) is 14.9. The Labute approximate surface area is 640 Å². The third-order valence-corrected chi connectivity index (χ3v) is 17.6. The maximum Gasteiger partial charge on any atom is 0.410 e. The van der Waals surface area contributed by atoms with E-state index in [-0.39, 0.29) is 36.1 Å². The Morgan fingerprint density at radius 2 is 0.796 bits per heavy atom. The molecule has 6 aromatic rings. The van der Waals surface area contributed by atoms with Crippen LogP contribution in [0.25, 0.3) is 18.2 Å². The zero-order chi connectivity index (χ0) is 78.6. The van der Waals surface area contributed by atoms with Gasteiger partial charge in [0.05, 0.1) is 50.5 Å². The van der Waals surface area contributed by atoms with Gasteiger partial charge in [-0.25, -0.2) is 14.4 Å². The number of carbonyl (C=O) groups excluding carboxylic acids is 4. The van der Waals surface area contributed by atoms with E-state index in [2.05, 4.69) is 40.4 Å². The minimum absolute atomic E-state index is 0.00438. The van der Waals surface area contributed by atoms with Crippen LogP contribution >= 0.6 is 0 Å². The lowest BCUT2D eigenvalue weighted by atomic mass is 10.1. The molecular formula is C85H117N9O14. The van der Waals surface area contributed by atoms with Crippen LogP contribution in [0.4, 0.5) is 26.7 Å². The fraction of sp³-hybridized carbons (Fsp3) is 0.447. The van der Waals surface area contributed by atoms with Crippen LogP contribution < -0.4 is 55.0 Å². The van der Waals surface area contributed by atoms with Crippen molar-refractivity contribution in [1.29, 1.82) is 0 Å². The average Bonchev–Trinajstić information content (AvgIpc) is 1.52. The van der Waals surface area contributed by atoms with Gasteiger partial charge in [0.2, 0.25) is 11.8 Å². The summed E-state index contributed by atoms with van der Waals surface area (Å²) in [7, 11) is 4.86. The summed E-state index contributed by atoms with van der Waals surface area (Å²) in [6.45, 7) is 32.6. The number of carboxylic acid groups (broad SMARTS) is 1. The summed E-state index contributed by atoms with van der Waals surface area (Å²) in [5.41, 5.74) is 3.82. The van der Waals surface area contributed by atoms with Crippen LogP contribution in [-0.2, 0) is 23.9 Å². The SMILES string of the molecule is CCN(CC)C(=O)/C=C/c1ccc(NC[C@@H]2CCCN2)c(Oc2ccc(OC)cc2)c1.CCN(CC)C(=O)/C=C/c1ccc(NC[C@@H]2CCCN2C(=O)OC(C)(C)C)c(Oc2ccc(OC)cc2)c1.CCNCC.COc1ccc(Oc2cc(/C=C/C(=O)O)ccc2NC[C@@H]2CCCN2C(=O)OC(C)(C)C)cc1. The fourth-order valence-electron chi connectivity index (χ4n) is 11.8. The first-order chi connectivity index (χ1) is 51.8. The first-order valence-electron chi connectivity index (χ1n) is 37.7. The summed E-state index contributed by atoms with van der Waals surface area (Å²) in [5, 5.41) is 25.9. The van der Waals surface area contributed by atoms with Crippen molar-refractivity contribution in [2.24, 2.45) is 0 Å². The predicted octanol–water partition coefficient (Wildman–Crippen LogP) is 16.7. The van der Waals surface area contributed by atoms with Crippen molar-refractivity contribution >= 4 is 65.3 Å². The summed E-state index contributed by atoms with van der Waals surface area (Å²) >= 11 is 0. The summed E-state index contributed by atoms with van der Waals surface area (Å²) in [5.74, 6) is 5.07. The Hall–Kier alpha value is -10.4. The maximum absolute atomic E-state index is 12.7. The Balaban J connectivity index is 0.000000246. The molecule has 23 nitrogen and oxygen atoms in total. The lowest BCUT2D eigenvalue weighted by molar-refractivity contribution is -0.131. The van der Waals surface area contributed by atoms with E-state index in [0.29, 0.717) is 92.7 Å². The van der Waals surface area contributed by atoms with Crippen molar-refractivity contribution in [2.45, 2.75) is 151 Å². The number of carboxylic acids is 1. The fourth-order valence-corrected chi connectivity index (χ4v) is 11.8. The molecule has 3 saturated heterocycles. The van der Waals surface area contributed by atoms with Crippen LogP contribution in [0.1, 0.15) is 138 Å². The second kappa shape index (κ2) is 44.7. The number of likely N-dealkylation sites (N-methyl/N-ethyl adjacent to an activating group) is 2. The van der Waals surface area contributed by atoms with E-state index in [1.807, 2.05) is 172 Å². The second-order valence-corrected chi connectivity index (χ2v) is 27.8. The number of ether oxygens (including phenoxy) is 8. The second-order valence-electron chi connectivity index (χ2n) is 27.8. The highest BCUT2D eigenvalue weighted by Gasteiger charge is 2.34. The molecule has 0 radical (unpaired) electrons. The molecule has 9 rings (SSSR count). The Kier molecular flexibility index (Phi) is 35.8. The molecule has 3 aliphatic heterocycles.